The second kappa shape index (κ2) is 8.35. The van der Waals surface area contributed by atoms with Gasteiger partial charge in [-0.3, -0.25) is 9.52 Å². The lowest BCUT2D eigenvalue weighted by atomic mass is 10.2. The predicted octanol–water partition coefficient (Wildman–Crippen LogP) is 2.51. The Morgan fingerprint density at radius 1 is 1.21 bits per heavy atom. The van der Waals surface area contributed by atoms with Crippen molar-refractivity contribution in [2.45, 2.75) is 20.3 Å². The third-order valence-electron chi connectivity index (χ3n) is 3.94. The third-order valence-corrected chi connectivity index (χ3v) is 5.43. The molecule has 29 heavy (non-hydrogen) atoms. The fourth-order valence-electron chi connectivity index (χ4n) is 2.63. The minimum Gasteiger partial charge on any atom is -0.319 e. The van der Waals surface area contributed by atoms with Crippen molar-refractivity contribution in [3.05, 3.63) is 59.7 Å². The molecule has 0 saturated carbocycles. The number of benzene rings is 2. The Labute approximate surface area is 167 Å². The van der Waals surface area contributed by atoms with Gasteiger partial charge in [0.1, 0.15) is 5.82 Å². The Bertz CT molecular complexity index is 1150. The van der Waals surface area contributed by atoms with Crippen molar-refractivity contribution < 1.29 is 17.6 Å². The van der Waals surface area contributed by atoms with E-state index in [0.717, 1.165) is 0 Å². The zero-order valence-electron chi connectivity index (χ0n) is 15.8. The highest BCUT2D eigenvalue weighted by Gasteiger charge is 2.14. The number of nitrogens with zero attached hydrogens (tertiary/aromatic N) is 4. The molecule has 0 aliphatic rings. The van der Waals surface area contributed by atoms with Crippen molar-refractivity contribution in [3.63, 3.8) is 0 Å². The Morgan fingerprint density at radius 3 is 2.69 bits per heavy atom. The van der Waals surface area contributed by atoms with Crippen LogP contribution in [0.3, 0.4) is 0 Å². The summed E-state index contributed by atoms with van der Waals surface area (Å²) in [6.45, 7) is 3.44. The monoisotopic (exact) mass is 418 g/mol. The molecule has 1 amide bonds. The molecule has 3 aromatic rings. The molecule has 11 heteroatoms. The molecule has 0 radical (unpaired) electrons. The maximum absolute atomic E-state index is 14.2. The topological polar surface area (TPSA) is 119 Å². The molecule has 2 aromatic carbocycles. The van der Waals surface area contributed by atoms with Crippen LogP contribution in [0.25, 0.3) is 5.69 Å². The van der Waals surface area contributed by atoms with E-state index in [4.69, 9.17) is 0 Å². The minimum atomic E-state index is -3.49. The number of carbonyl (C=O) groups is 1. The van der Waals surface area contributed by atoms with E-state index in [9.17, 15) is 17.6 Å². The van der Waals surface area contributed by atoms with Crippen LogP contribution in [0.2, 0.25) is 0 Å². The van der Waals surface area contributed by atoms with Gasteiger partial charge in [0.25, 0.3) is 5.91 Å². The van der Waals surface area contributed by atoms with Crippen LogP contribution < -0.4 is 10.0 Å². The zero-order chi connectivity index (χ0) is 21.0. The lowest BCUT2D eigenvalue weighted by molar-refractivity contribution is 0.102. The number of hydrogen-bond donors (Lipinski definition) is 2. The molecule has 0 fully saturated rings. The third kappa shape index (κ3) is 4.93. The normalized spacial score (nSPS) is 11.3. The lowest BCUT2D eigenvalue weighted by Gasteiger charge is -2.11. The van der Waals surface area contributed by atoms with E-state index in [0.29, 0.717) is 17.9 Å². The van der Waals surface area contributed by atoms with Crippen LogP contribution in [-0.2, 0) is 10.0 Å². The number of anilines is 2. The highest BCUT2D eigenvalue weighted by atomic mass is 32.2. The van der Waals surface area contributed by atoms with Gasteiger partial charge in [0.15, 0.2) is 5.82 Å². The lowest BCUT2D eigenvalue weighted by Crippen LogP contribution is -2.17. The molecule has 152 valence electrons. The Hall–Kier alpha value is -3.34. The number of halogens is 1. The number of aromatic nitrogens is 4. The van der Waals surface area contributed by atoms with Crippen molar-refractivity contribution >= 4 is 27.3 Å². The molecule has 0 aliphatic carbocycles. The molecular weight excluding hydrogens is 399 g/mol. The number of sulfonamides is 1. The Balaban J connectivity index is 1.82. The quantitative estimate of drug-likeness (QED) is 0.609. The number of carbonyl (C=O) groups excluding carboxylic acids is 1. The van der Waals surface area contributed by atoms with Crippen LogP contribution >= 0.6 is 0 Å². The van der Waals surface area contributed by atoms with Gasteiger partial charge in [0, 0.05) is 11.3 Å². The van der Waals surface area contributed by atoms with Crippen molar-refractivity contribution in [3.8, 4) is 5.69 Å². The van der Waals surface area contributed by atoms with E-state index in [1.54, 1.807) is 13.8 Å². The van der Waals surface area contributed by atoms with Crippen LogP contribution in [0.5, 0.6) is 0 Å². The first-order valence-electron chi connectivity index (χ1n) is 8.76. The van der Waals surface area contributed by atoms with E-state index in [1.807, 2.05) is 0 Å². The summed E-state index contributed by atoms with van der Waals surface area (Å²) in [7, 11) is -3.49. The van der Waals surface area contributed by atoms with Gasteiger partial charge in [0.05, 0.1) is 17.1 Å². The van der Waals surface area contributed by atoms with Gasteiger partial charge in [-0.15, -0.1) is 5.10 Å². The van der Waals surface area contributed by atoms with Gasteiger partial charge in [-0.1, -0.05) is 13.0 Å². The molecule has 2 N–H and O–H groups in total. The van der Waals surface area contributed by atoms with Crippen molar-refractivity contribution in [1.82, 2.24) is 20.2 Å². The molecule has 0 bridgehead atoms. The van der Waals surface area contributed by atoms with E-state index in [1.165, 1.54) is 47.1 Å². The van der Waals surface area contributed by atoms with Crippen LogP contribution in [0.15, 0.2) is 42.5 Å². The molecular formula is C18H19FN6O3S. The predicted molar refractivity (Wildman–Crippen MR) is 106 cm³/mol. The van der Waals surface area contributed by atoms with Gasteiger partial charge in [0.2, 0.25) is 10.0 Å². The summed E-state index contributed by atoms with van der Waals surface area (Å²) >= 11 is 0. The largest absolute Gasteiger partial charge is 0.319 e. The Morgan fingerprint density at radius 2 is 2.00 bits per heavy atom. The molecule has 0 spiro atoms. The average Bonchev–Trinajstić information content (AvgIpc) is 3.09. The fraction of sp³-hybridized carbons (Fsp3) is 0.222. The van der Waals surface area contributed by atoms with E-state index < -0.39 is 21.7 Å². The molecule has 0 atom stereocenters. The number of tetrazole rings is 1. The van der Waals surface area contributed by atoms with E-state index in [-0.39, 0.29) is 22.7 Å². The fourth-order valence-corrected chi connectivity index (χ4v) is 3.75. The number of rotatable bonds is 7. The summed E-state index contributed by atoms with van der Waals surface area (Å²) in [5.41, 5.74) is 0.847. The summed E-state index contributed by atoms with van der Waals surface area (Å²) in [4.78, 5) is 12.6. The van der Waals surface area contributed by atoms with Gasteiger partial charge in [-0.25, -0.2) is 12.8 Å². The summed E-state index contributed by atoms with van der Waals surface area (Å²) in [6, 6.07) is 10.0. The van der Waals surface area contributed by atoms with Gasteiger partial charge >= 0.3 is 0 Å². The smallest absolute Gasteiger partial charge is 0.255 e. The SMILES string of the molecule is CCCS(=O)(=O)Nc1cccc(C(=O)Nc2cc(-n3nnnc3C)ccc2F)c1. The number of nitrogens with one attached hydrogen (secondary N) is 2. The second-order valence-corrected chi connectivity index (χ2v) is 8.10. The standard InChI is InChI=1S/C18H19FN6O3S/c1-3-9-29(27,28)22-14-6-4-5-13(10-14)18(26)20-17-11-15(7-8-16(17)19)25-12(2)21-23-24-25/h4-8,10-11,22H,3,9H2,1-2H3,(H,20,26). The number of amides is 1. The molecule has 1 aromatic heterocycles. The van der Waals surface area contributed by atoms with Crippen molar-refractivity contribution in [2.24, 2.45) is 0 Å². The van der Waals surface area contributed by atoms with Gasteiger partial charge in [-0.05, 0) is 60.2 Å². The highest BCUT2D eigenvalue weighted by molar-refractivity contribution is 7.92. The first-order chi connectivity index (χ1) is 13.8. The first kappa shape index (κ1) is 20.4. The summed E-state index contributed by atoms with van der Waals surface area (Å²) < 4.78 is 41.9. The molecule has 3 rings (SSSR count). The van der Waals surface area contributed by atoms with Gasteiger partial charge < -0.3 is 5.32 Å². The minimum absolute atomic E-state index is 0.0298. The van der Waals surface area contributed by atoms with E-state index in [2.05, 4.69) is 25.6 Å². The summed E-state index contributed by atoms with van der Waals surface area (Å²) in [6.07, 6.45) is 0.464. The molecule has 9 nitrogen and oxygen atoms in total. The van der Waals surface area contributed by atoms with E-state index >= 15 is 0 Å². The zero-order valence-corrected chi connectivity index (χ0v) is 16.6. The summed E-state index contributed by atoms with van der Waals surface area (Å²) in [5.74, 6) is -0.752. The maximum Gasteiger partial charge on any atom is 0.255 e. The number of aryl methyl sites for hydroxylation is 1. The molecule has 0 saturated heterocycles. The Kier molecular flexibility index (Phi) is 5.87. The second-order valence-electron chi connectivity index (χ2n) is 6.26. The number of hydrogen-bond acceptors (Lipinski definition) is 6. The first-order valence-corrected chi connectivity index (χ1v) is 10.4. The van der Waals surface area contributed by atoms with Crippen molar-refractivity contribution in [2.75, 3.05) is 15.8 Å². The average molecular weight is 418 g/mol. The van der Waals surface area contributed by atoms with Crippen molar-refractivity contribution in [1.29, 1.82) is 0 Å². The van der Waals surface area contributed by atoms with Crippen LogP contribution in [0, 0.1) is 12.7 Å². The van der Waals surface area contributed by atoms with Crippen LogP contribution in [0.1, 0.15) is 29.5 Å². The molecule has 0 unspecified atom stereocenters. The highest BCUT2D eigenvalue weighted by Crippen LogP contribution is 2.21. The van der Waals surface area contributed by atoms with Crippen LogP contribution in [-0.4, -0.2) is 40.3 Å². The van der Waals surface area contributed by atoms with Crippen LogP contribution in [0.4, 0.5) is 15.8 Å². The molecule has 0 aliphatic heterocycles. The molecule has 1 heterocycles. The van der Waals surface area contributed by atoms with Gasteiger partial charge in [-0.2, -0.15) is 4.68 Å². The summed E-state index contributed by atoms with van der Waals surface area (Å²) in [5, 5.41) is 13.6. The maximum atomic E-state index is 14.2.